The van der Waals surface area contributed by atoms with Crippen molar-refractivity contribution in [3.05, 3.63) is 76.8 Å². The van der Waals surface area contributed by atoms with E-state index in [2.05, 4.69) is 20.7 Å². The number of hydrogen-bond donors (Lipinski definition) is 1. The summed E-state index contributed by atoms with van der Waals surface area (Å²) >= 11 is 0. The average Bonchev–Trinajstić information content (AvgIpc) is 3.16. The average molecular weight is 374 g/mol. The summed E-state index contributed by atoms with van der Waals surface area (Å²) in [5.41, 5.74) is 1.26. The van der Waals surface area contributed by atoms with Crippen LogP contribution in [0.25, 0.3) is 22.2 Å². The van der Waals surface area contributed by atoms with Gasteiger partial charge in [-0.05, 0) is 28.8 Å². The first-order chi connectivity index (χ1) is 13.6. The summed E-state index contributed by atoms with van der Waals surface area (Å²) in [7, 11) is 0. The van der Waals surface area contributed by atoms with Crippen molar-refractivity contribution in [3.8, 4) is 11.4 Å². The topological polar surface area (TPSA) is 116 Å². The number of rotatable bonds is 5. The smallest absolute Gasteiger partial charge is 0.269 e. The summed E-state index contributed by atoms with van der Waals surface area (Å²) in [6, 6.07) is 19.2. The summed E-state index contributed by atoms with van der Waals surface area (Å²) in [4.78, 5) is 23.8. The fourth-order valence-electron chi connectivity index (χ4n) is 2.81. The van der Waals surface area contributed by atoms with Crippen molar-refractivity contribution in [3.63, 3.8) is 0 Å². The molecule has 4 rings (SSSR count). The fourth-order valence-corrected chi connectivity index (χ4v) is 2.81. The van der Waals surface area contributed by atoms with Crippen LogP contribution in [0.3, 0.4) is 0 Å². The zero-order valence-electron chi connectivity index (χ0n) is 14.5. The number of nitrogens with zero attached hydrogens (tertiary/aromatic N) is 5. The first-order valence-electron chi connectivity index (χ1n) is 8.40. The minimum Gasteiger partial charge on any atom is -0.324 e. The fraction of sp³-hybridized carbons (Fsp3) is 0.0526. The normalized spacial score (nSPS) is 10.7. The standard InChI is InChI=1S/C19H14N6O3/c26-18(20-17-7-3-5-13-4-1-2-6-16(13)17)12-24-22-19(21-23-24)14-8-10-15(11-9-14)25(27)28/h1-11H,12H2,(H,20,26). The number of nitro benzene ring substituents is 1. The third kappa shape index (κ3) is 3.54. The van der Waals surface area contributed by atoms with E-state index < -0.39 is 4.92 Å². The zero-order chi connectivity index (χ0) is 19.5. The van der Waals surface area contributed by atoms with Gasteiger partial charge < -0.3 is 5.32 Å². The lowest BCUT2D eigenvalue weighted by Gasteiger charge is -2.08. The number of anilines is 1. The molecule has 1 aromatic heterocycles. The van der Waals surface area contributed by atoms with Gasteiger partial charge in [0.2, 0.25) is 11.7 Å². The van der Waals surface area contributed by atoms with Crippen molar-refractivity contribution in [2.75, 3.05) is 5.32 Å². The number of nitrogens with one attached hydrogen (secondary N) is 1. The molecule has 1 N–H and O–H groups in total. The van der Waals surface area contributed by atoms with Crippen LogP contribution in [-0.4, -0.2) is 31.0 Å². The van der Waals surface area contributed by atoms with Gasteiger partial charge in [-0.15, -0.1) is 10.2 Å². The highest BCUT2D eigenvalue weighted by molar-refractivity contribution is 6.01. The molecule has 138 valence electrons. The summed E-state index contributed by atoms with van der Waals surface area (Å²) in [6.07, 6.45) is 0. The highest BCUT2D eigenvalue weighted by atomic mass is 16.6. The second-order valence-corrected chi connectivity index (χ2v) is 6.02. The first-order valence-corrected chi connectivity index (χ1v) is 8.40. The molecule has 28 heavy (non-hydrogen) atoms. The molecular weight excluding hydrogens is 360 g/mol. The number of carbonyl (C=O) groups is 1. The van der Waals surface area contributed by atoms with Crippen LogP contribution >= 0.6 is 0 Å². The number of aromatic nitrogens is 4. The maximum absolute atomic E-state index is 12.4. The van der Waals surface area contributed by atoms with E-state index in [0.29, 0.717) is 11.3 Å². The van der Waals surface area contributed by atoms with Crippen LogP contribution in [0.4, 0.5) is 11.4 Å². The van der Waals surface area contributed by atoms with E-state index in [1.807, 2.05) is 42.5 Å². The lowest BCUT2D eigenvalue weighted by Crippen LogP contribution is -2.20. The predicted molar refractivity (Wildman–Crippen MR) is 102 cm³/mol. The lowest BCUT2D eigenvalue weighted by atomic mass is 10.1. The number of fused-ring (bicyclic) bond motifs is 1. The molecule has 0 atom stereocenters. The van der Waals surface area contributed by atoms with Gasteiger partial charge in [0.1, 0.15) is 6.54 Å². The Labute approximate surface area is 158 Å². The summed E-state index contributed by atoms with van der Waals surface area (Å²) in [5, 5.41) is 27.5. The van der Waals surface area contributed by atoms with E-state index in [1.54, 1.807) is 0 Å². The predicted octanol–water partition coefficient (Wildman–Crippen LogP) is 3.04. The van der Waals surface area contributed by atoms with Crippen LogP contribution in [0.15, 0.2) is 66.7 Å². The van der Waals surface area contributed by atoms with E-state index in [0.717, 1.165) is 10.8 Å². The maximum Gasteiger partial charge on any atom is 0.269 e. The maximum atomic E-state index is 12.4. The Morgan fingerprint density at radius 3 is 2.57 bits per heavy atom. The van der Waals surface area contributed by atoms with Gasteiger partial charge >= 0.3 is 0 Å². The van der Waals surface area contributed by atoms with Gasteiger partial charge in [0.05, 0.1) is 4.92 Å². The molecule has 0 bridgehead atoms. The number of non-ortho nitro benzene ring substituents is 1. The highest BCUT2D eigenvalue weighted by Gasteiger charge is 2.12. The van der Waals surface area contributed by atoms with Crippen molar-refractivity contribution >= 4 is 28.1 Å². The van der Waals surface area contributed by atoms with Crippen LogP contribution < -0.4 is 5.32 Å². The van der Waals surface area contributed by atoms with E-state index in [1.165, 1.54) is 29.1 Å². The molecule has 0 fully saturated rings. The number of carbonyl (C=O) groups excluding carboxylic acids is 1. The van der Waals surface area contributed by atoms with Crippen molar-refractivity contribution in [1.29, 1.82) is 0 Å². The molecule has 3 aromatic carbocycles. The van der Waals surface area contributed by atoms with Gasteiger partial charge in [-0.3, -0.25) is 14.9 Å². The second kappa shape index (κ2) is 7.23. The minimum absolute atomic E-state index is 0.0226. The molecule has 0 aliphatic rings. The molecule has 0 aliphatic heterocycles. The van der Waals surface area contributed by atoms with Crippen molar-refractivity contribution in [1.82, 2.24) is 20.2 Å². The molecular formula is C19H14N6O3. The molecule has 4 aromatic rings. The van der Waals surface area contributed by atoms with Gasteiger partial charge in [-0.2, -0.15) is 4.80 Å². The molecule has 0 unspecified atom stereocenters. The van der Waals surface area contributed by atoms with Gasteiger partial charge in [0.15, 0.2) is 0 Å². The van der Waals surface area contributed by atoms with Gasteiger partial charge in [0, 0.05) is 28.8 Å². The Bertz CT molecular complexity index is 1160. The lowest BCUT2D eigenvalue weighted by molar-refractivity contribution is -0.384. The van der Waals surface area contributed by atoms with Gasteiger partial charge in [-0.1, -0.05) is 36.4 Å². The molecule has 9 heteroatoms. The number of benzene rings is 3. The van der Waals surface area contributed by atoms with E-state index in [9.17, 15) is 14.9 Å². The summed E-state index contributed by atoms with van der Waals surface area (Å²) < 4.78 is 0. The first kappa shape index (κ1) is 17.3. The van der Waals surface area contributed by atoms with E-state index in [4.69, 9.17) is 0 Å². The van der Waals surface area contributed by atoms with Gasteiger partial charge in [-0.25, -0.2) is 0 Å². The zero-order valence-corrected chi connectivity index (χ0v) is 14.5. The molecule has 0 saturated carbocycles. The number of amides is 1. The Hall–Kier alpha value is -4.14. The van der Waals surface area contributed by atoms with Crippen molar-refractivity contribution in [2.24, 2.45) is 0 Å². The SMILES string of the molecule is O=C(Cn1nnc(-c2ccc([N+](=O)[O-])cc2)n1)Nc1cccc2ccccc12. The molecule has 1 amide bonds. The minimum atomic E-state index is -0.480. The van der Waals surface area contributed by atoms with Crippen molar-refractivity contribution < 1.29 is 9.72 Å². The number of tetrazole rings is 1. The molecule has 0 radical (unpaired) electrons. The van der Waals surface area contributed by atoms with Crippen LogP contribution in [0.5, 0.6) is 0 Å². The second-order valence-electron chi connectivity index (χ2n) is 6.02. The van der Waals surface area contributed by atoms with Crippen LogP contribution in [0.2, 0.25) is 0 Å². The molecule has 0 aliphatic carbocycles. The van der Waals surface area contributed by atoms with Crippen molar-refractivity contribution in [2.45, 2.75) is 6.54 Å². The Balaban J connectivity index is 1.47. The molecule has 9 nitrogen and oxygen atoms in total. The third-order valence-electron chi connectivity index (χ3n) is 4.14. The van der Waals surface area contributed by atoms with Crippen LogP contribution in [-0.2, 0) is 11.3 Å². The molecule has 0 spiro atoms. The van der Waals surface area contributed by atoms with E-state index >= 15 is 0 Å². The third-order valence-corrected chi connectivity index (χ3v) is 4.14. The number of nitro groups is 1. The summed E-state index contributed by atoms with van der Waals surface area (Å²) in [5.74, 6) is -0.00291. The Morgan fingerprint density at radius 2 is 1.79 bits per heavy atom. The number of hydrogen-bond acceptors (Lipinski definition) is 6. The monoisotopic (exact) mass is 374 g/mol. The Kier molecular flexibility index (Phi) is 4.47. The largest absolute Gasteiger partial charge is 0.324 e. The summed E-state index contributed by atoms with van der Waals surface area (Å²) in [6.45, 7) is -0.108. The Morgan fingerprint density at radius 1 is 1.04 bits per heavy atom. The van der Waals surface area contributed by atoms with E-state index in [-0.39, 0.29) is 24.0 Å². The molecule has 1 heterocycles. The molecule has 0 saturated heterocycles. The quantitative estimate of drug-likeness (QED) is 0.424. The van der Waals surface area contributed by atoms with Crippen LogP contribution in [0.1, 0.15) is 0 Å². The van der Waals surface area contributed by atoms with Gasteiger partial charge in [0.25, 0.3) is 5.69 Å². The van der Waals surface area contributed by atoms with Crippen LogP contribution in [0, 0.1) is 10.1 Å². The highest BCUT2D eigenvalue weighted by Crippen LogP contribution is 2.23.